The van der Waals surface area contributed by atoms with Crippen molar-refractivity contribution >= 4 is 16.6 Å². The third-order valence-corrected chi connectivity index (χ3v) is 3.06. The molecule has 2 N–H and O–H groups in total. The second-order valence-electron chi connectivity index (χ2n) is 4.23. The van der Waals surface area contributed by atoms with Crippen molar-refractivity contribution in [2.75, 3.05) is 12.4 Å². The smallest absolute Gasteiger partial charge is 0.259 e. The SMILES string of the molecule is CNc1ccccc1-c1nc2ccccc2c(=O)[nH]1. The summed E-state index contributed by atoms with van der Waals surface area (Å²) in [6, 6.07) is 15.1. The van der Waals surface area contributed by atoms with Crippen LogP contribution in [-0.4, -0.2) is 17.0 Å². The molecule has 0 aliphatic carbocycles. The summed E-state index contributed by atoms with van der Waals surface area (Å²) in [5, 5.41) is 3.70. The van der Waals surface area contributed by atoms with E-state index in [0.29, 0.717) is 16.7 Å². The van der Waals surface area contributed by atoms with Crippen molar-refractivity contribution in [2.45, 2.75) is 0 Å². The molecule has 1 heterocycles. The molecule has 0 aliphatic heterocycles. The molecule has 0 unspecified atom stereocenters. The molecule has 4 nitrogen and oxygen atoms in total. The molecule has 94 valence electrons. The molecular weight excluding hydrogens is 238 g/mol. The number of aromatic amines is 1. The zero-order chi connectivity index (χ0) is 13.2. The van der Waals surface area contributed by atoms with E-state index in [9.17, 15) is 4.79 Å². The van der Waals surface area contributed by atoms with Crippen LogP contribution in [0.5, 0.6) is 0 Å². The predicted octanol–water partition coefficient (Wildman–Crippen LogP) is 2.63. The molecule has 0 atom stereocenters. The van der Waals surface area contributed by atoms with Crippen LogP contribution >= 0.6 is 0 Å². The van der Waals surface area contributed by atoms with Crippen LogP contribution in [0.1, 0.15) is 0 Å². The van der Waals surface area contributed by atoms with E-state index >= 15 is 0 Å². The largest absolute Gasteiger partial charge is 0.388 e. The lowest BCUT2D eigenvalue weighted by atomic mass is 10.1. The average Bonchev–Trinajstić information content (AvgIpc) is 2.47. The summed E-state index contributed by atoms with van der Waals surface area (Å²) >= 11 is 0. The third-order valence-electron chi connectivity index (χ3n) is 3.06. The Bertz CT molecular complexity index is 792. The number of H-pyrrole nitrogens is 1. The van der Waals surface area contributed by atoms with Gasteiger partial charge >= 0.3 is 0 Å². The van der Waals surface area contributed by atoms with Gasteiger partial charge in [0, 0.05) is 18.3 Å². The van der Waals surface area contributed by atoms with Crippen LogP contribution in [0.3, 0.4) is 0 Å². The molecule has 2 aromatic carbocycles. The van der Waals surface area contributed by atoms with Crippen LogP contribution in [0.4, 0.5) is 5.69 Å². The van der Waals surface area contributed by atoms with Crippen molar-refractivity contribution < 1.29 is 0 Å². The second-order valence-corrected chi connectivity index (χ2v) is 4.23. The number of anilines is 1. The first kappa shape index (κ1) is 11.5. The van der Waals surface area contributed by atoms with Gasteiger partial charge in [-0.3, -0.25) is 4.79 Å². The van der Waals surface area contributed by atoms with Crippen molar-refractivity contribution in [3.63, 3.8) is 0 Å². The van der Waals surface area contributed by atoms with E-state index in [2.05, 4.69) is 15.3 Å². The second kappa shape index (κ2) is 4.57. The Labute approximate surface area is 110 Å². The lowest BCUT2D eigenvalue weighted by molar-refractivity contribution is 1.18. The van der Waals surface area contributed by atoms with E-state index in [4.69, 9.17) is 0 Å². The summed E-state index contributed by atoms with van der Waals surface area (Å²) in [7, 11) is 1.85. The molecule has 0 saturated carbocycles. The van der Waals surface area contributed by atoms with Crippen molar-refractivity contribution in [1.29, 1.82) is 0 Å². The zero-order valence-corrected chi connectivity index (χ0v) is 10.5. The van der Waals surface area contributed by atoms with Gasteiger partial charge in [-0.2, -0.15) is 0 Å². The van der Waals surface area contributed by atoms with E-state index in [1.165, 1.54) is 0 Å². The Morgan fingerprint density at radius 1 is 1.05 bits per heavy atom. The summed E-state index contributed by atoms with van der Waals surface area (Å²) in [6.07, 6.45) is 0. The van der Waals surface area contributed by atoms with E-state index in [1.54, 1.807) is 6.07 Å². The Kier molecular flexibility index (Phi) is 2.76. The van der Waals surface area contributed by atoms with Crippen molar-refractivity contribution in [3.8, 4) is 11.4 Å². The van der Waals surface area contributed by atoms with Gasteiger partial charge in [-0.05, 0) is 24.3 Å². The molecular formula is C15H13N3O. The van der Waals surface area contributed by atoms with Crippen LogP contribution in [0.15, 0.2) is 53.3 Å². The van der Waals surface area contributed by atoms with Gasteiger partial charge in [0.2, 0.25) is 0 Å². The van der Waals surface area contributed by atoms with Gasteiger partial charge in [-0.1, -0.05) is 24.3 Å². The number of fused-ring (bicyclic) bond motifs is 1. The maximum atomic E-state index is 12.1. The van der Waals surface area contributed by atoms with Crippen molar-refractivity contribution in [3.05, 3.63) is 58.9 Å². The molecule has 0 aliphatic rings. The van der Waals surface area contributed by atoms with Crippen molar-refractivity contribution in [1.82, 2.24) is 9.97 Å². The average molecular weight is 251 g/mol. The highest BCUT2D eigenvalue weighted by molar-refractivity contribution is 5.81. The van der Waals surface area contributed by atoms with Crippen LogP contribution in [0.2, 0.25) is 0 Å². The molecule has 0 amide bonds. The maximum absolute atomic E-state index is 12.1. The first-order valence-electron chi connectivity index (χ1n) is 6.06. The molecule has 3 aromatic rings. The van der Waals surface area contributed by atoms with Crippen LogP contribution in [0, 0.1) is 0 Å². The Hall–Kier alpha value is -2.62. The van der Waals surface area contributed by atoms with E-state index < -0.39 is 0 Å². The third kappa shape index (κ3) is 1.97. The normalized spacial score (nSPS) is 10.6. The zero-order valence-electron chi connectivity index (χ0n) is 10.5. The lowest BCUT2D eigenvalue weighted by Gasteiger charge is -2.08. The van der Waals surface area contributed by atoms with E-state index in [1.807, 2.05) is 49.5 Å². The van der Waals surface area contributed by atoms with Crippen molar-refractivity contribution in [2.24, 2.45) is 0 Å². The standard InChI is InChI=1S/C15H13N3O/c1-16-12-8-4-2-6-10(12)14-17-13-9-5-3-7-11(13)15(19)18-14/h2-9,16H,1H3,(H,17,18,19). The van der Waals surface area contributed by atoms with E-state index in [0.717, 1.165) is 11.3 Å². The molecule has 3 rings (SSSR count). The minimum atomic E-state index is -0.119. The first-order chi connectivity index (χ1) is 9.29. The van der Waals surface area contributed by atoms with Gasteiger partial charge in [-0.25, -0.2) is 4.98 Å². The lowest BCUT2D eigenvalue weighted by Crippen LogP contribution is -2.10. The molecule has 4 heteroatoms. The molecule has 0 spiro atoms. The summed E-state index contributed by atoms with van der Waals surface area (Å²) in [5.41, 5.74) is 2.40. The Balaban J connectivity index is 2.29. The minimum absolute atomic E-state index is 0.119. The molecule has 0 bridgehead atoms. The van der Waals surface area contributed by atoms with Gasteiger partial charge in [0.1, 0.15) is 5.82 Å². The number of nitrogens with one attached hydrogen (secondary N) is 2. The minimum Gasteiger partial charge on any atom is -0.388 e. The summed E-state index contributed by atoms with van der Waals surface area (Å²) < 4.78 is 0. The number of benzene rings is 2. The van der Waals surface area contributed by atoms with Crippen LogP contribution in [0.25, 0.3) is 22.3 Å². The topological polar surface area (TPSA) is 57.8 Å². The van der Waals surface area contributed by atoms with Crippen LogP contribution < -0.4 is 10.9 Å². The number of rotatable bonds is 2. The fourth-order valence-electron chi connectivity index (χ4n) is 2.12. The molecule has 0 radical (unpaired) electrons. The summed E-state index contributed by atoms with van der Waals surface area (Å²) in [5.74, 6) is 0.577. The van der Waals surface area contributed by atoms with E-state index in [-0.39, 0.29) is 5.56 Å². The van der Waals surface area contributed by atoms with Crippen LogP contribution in [-0.2, 0) is 0 Å². The van der Waals surface area contributed by atoms with Gasteiger partial charge < -0.3 is 10.3 Å². The highest BCUT2D eigenvalue weighted by Crippen LogP contribution is 2.24. The number of nitrogens with zero attached hydrogens (tertiary/aromatic N) is 1. The highest BCUT2D eigenvalue weighted by atomic mass is 16.1. The summed E-state index contributed by atoms with van der Waals surface area (Å²) in [6.45, 7) is 0. The summed E-state index contributed by atoms with van der Waals surface area (Å²) in [4.78, 5) is 19.4. The quantitative estimate of drug-likeness (QED) is 0.736. The fraction of sp³-hybridized carbons (Fsp3) is 0.0667. The molecule has 1 aromatic heterocycles. The first-order valence-corrected chi connectivity index (χ1v) is 6.06. The fourth-order valence-corrected chi connectivity index (χ4v) is 2.12. The predicted molar refractivity (Wildman–Crippen MR) is 77.3 cm³/mol. The number of para-hydroxylation sites is 2. The molecule has 0 saturated heterocycles. The highest BCUT2D eigenvalue weighted by Gasteiger charge is 2.08. The number of hydrogen-bond acceptors (Lipinski definition) is 3. The van der Waals surface area contributed by atoms with Gasteiger partial charge in [0.25, 0.3) is 5.56 Å². The Morgan fingerprint density at radius 3 is 2.63 bits per heavy atom. The maximum Gasteiger partial charge on any atom is 0.259 e. The molecule has 19 heavy (non-hydrogen) atoms. The molecule has 0 fully saturated rings. The van der Waals surface area contributed by atoms with Gasteiger partial charge in [0.15, 0.2) is 0 Å². The Morgan fingerprint density at radius 2 is 1.79 bits per heavy atom. The monoisotopic (exact) mass is 251 g/mol. The van der Waals surface area contributed by atoms with Gasteiger partial charge in [0.05, 0.1) is 10.9 Å². The number of aromatic nitrogens is 2. The number of hydrogen-bond donors (Lipinski definition) is 2. The van der Waals surface area contributed by atoms with Gasteiger partial charge in [-0.15, -0.1) is 0 Å².